The number of hydrogen-bond donors (Lipinski definition) is 0. The highest BCUT2D eigenvalue weighted by Gasteiger charge is 2.34. The molecule has 1 aliphatic rings. The molecule has 9 nitrogen and oxygen atoms in total. The Balaban J connectivity index is 1.52. The Morgan fingerprint density at radius 3 is 2.85 bits per heavy atom. The molecular formula is C17H20N4O5S. The second-order valence-corrected chi connectivity index (χ2v) is 8.70. The second-order valence-electron chi connectivity index (χ2n) is 6.73. The molecule has 10 heteroatoms. The summed E-state index contributed by atoms with van der Waals surface area (Å²) in [6, 6.07) is 7.19. The molecule has 144 valence electrons. The SMILES string of the molecule is CC(C)c1nnc([C@H]2CN(S(=O)(=O)Cc3noc4ccccc34)CCO2)o1. The first-order valence-electron chi connectivity index (χ1n) is 8.70. The summed E-state index contributed by atoms with van der Waals surface area (Å²) in [7, 11) is -3.61. The van der Waals surface area contributed by atoms with E-state index in [0.29, 0.717) is 28.4 Å². The Bertz CT molecular complexity index is 1040. The number of ether oxygens (including phenoxy) is 1. The van der Waals surface area contributed by atoms with Crippen LogP contribution in [-0.2, 0) is 20.5 Å². The quantitative estimate of drug-likeness (QED) is 0.650. The number of hydrogen-bond acceptors (Lipinski definition) is 8. The normalized spacial score (nSPS) is 19.1. The van der Waals surface area contributed by atoms with E-state index in [1.165, 1.54) is 4.31 Å². The van der Waals surface area contributed by atoms with Gasteiger partial charge in [-0.05, 0) is 12.1 Å². The lowest BCUT2D eigenvalue weighted by molar-refractivity contribution is -0.0179. The zero-order valence-corrected chi connectivity index (χ0v) is 15.8. The minimum Gasteiger partial charge on any atom is -0.422 e. The van der Waals surface area contributed by atoms with Gasteiger partial charge in [-0.1, -0.05) is 31.1 Å². The minimum atomic E-state index is -3.61. The van der Waals surface area contributed by atoms with Gasteiger partial charge >= 0.3 is 0 Å². The number of fused-ring (bicyclic) bond motifs is 1. The monoisotopic (exact) mass is 392 g/mol. The van der Waals surface area contributed by atoms with Gasteiger partial charge in [0.05, 0.1) is 6.61 Å². The maximum atomic E-state index is 12.9. The van der Waals surface area contributed by atoms with Crippen molar-refractivity contribution in [1.82, 2.24) is 19.7 Å². The zero-order valence-electron chi connectivity index (χ0n) is 15.0. The van der Waals surface area contributed by atoms with E-state index < -0.39 is 16.1 Å². The summed E-state index contributed by atoms with van der Waals surface area (Å²) in [6.07, 6.45) is -0.581. The lowest BCUT2D eigenvalue weighted by Crippen LogP contribution is -2.42. The Kier molecular flexibility index (Phi) is 4.70. The van der Waals surface area contributed by atoms with E-state index in [1.807, 2.05) is 26.0 Å². The molecule has 0 bridgehead atoms. The molecule has 0 radical (unpaired) electrons. The lowest BCUT2D eigenvalue weighted by atomic mass is 10.2. The van der Waals surface area contributed by atoms with Crippen molar-refractivity contribution in [3.63, 3.8) is 0 Å². The summed E-state index contributed by atoms with van der Waals surface area (Å²) in [4.78, 5) is 0. The molecule has 0 amide bonds. The number of rotatable bonds is 5. The standard InChI is InChI=1S/C17H20N4O5S/c1-11(2)16-18-19-17(25-16)15-9-21(7-8-24-15)27(22,23)10-13-12-5-3-4-6-14(12)26-20-13/h3-6,11,15H,7-10H2,1-2H3/t15-/m1/s1. The van der Waals surface area contributed by atoms with Crippen LogP contribution in [0, 0.1) is 0 Å². The van der Waals surface area contributed by atoms with E-state index in [2.05, 4.69) is 15.4 Å². The van der Waals surface area contributed by atoms with Crippen molar-refractivity contribution >= 4 is 21.0 Å². The van der Waals surface area contributed by atoms with E-state index in [4.69, 9.17) is 13.7 Å². The van der Waals surface area contributed by atoms with Gasteiger partial charge in [0.1, 0.15) is 17.6 Å². The number of nitrogens with zero attached hydrogens (tertiary/aromatic N) is 4. The fourth-order valence-corrected chi connectivity index (χ4v) is 4.40. The van der Waals surface area contributed by atoms with Crippen LogP contribution < -0.4 is 0 Å². The third-order valence-corrected chi connectivity index (χ3v) is 6.18. The van der Waals surface area contributed by atoms with Gasteiger partial charge < -0.3 is 13.7 Å². The van der Waals surface area contributed by atoms with Gasteiger partial charge in [0.15, 0.2) is 5.58 Å². The topological polar surface area (TPSA) is 112 Å². The van der Waals surface area contributed by atoms with Crippen molar-refractivity contribution in [1.29, 1.82) is 0 Å². The van der Waals surface area contributed by atoms with Crippen molar-refractivity contribution in [2.24, 2.45) is 0 Å². The minimum absolute atomic E-state index is 0.0927. The van der Waals surface area contributed by atoms with Crippen LogP contribution in [0.15, 0.2) is 33.2 Å². The predicted molar refractivity (Wildman–Crippen MR) is 95.3 cm³/mol. The third kappa shape index (κ3) is 3.60. The van der Waals surface area contributed by atoms with Crippen LogP contribution in [0.25, 0.3) is 11.0 Å². The zero-order chi connectivity index (χ0) is 19.0. The summed E-state index contributed by atoms with van der Waals surface area (Å²) in [5.41, 5.74) is 0.961. The Labute approximate surface area is 156 Å². The van der Waals surface area contributed by atoms with Crippen molar-refractivity contribution in [3.8, 4) is 0 Å². The van der Waals surface area contributed by atoms with Gasteiger partial charge in [-0.3, -0.25) is 0 Å². The molecule has 1 saturated heterocycles. The molecule has 3 aromatic rings. The van der Waals surface area contributed by atoms with Gasteiger partial charge in [0, 0.05) is 24.4 Å². The van der Waals surface area contributed by atoms with Gasteiger partial charge in [-0.25, -0.2) is 8.42 Å². The average Bonchev–Trinajstić information content (AvgIpc) is 3.30. The maximum Gasteiger partial charge on any atom is 0.246 e. The Morgan fingerprint density at radius 1 is 1.26 bits per heavy atom. The summed E-state index contributed by atoms with van der Waals surface area (Å²) in [6.45, 7) is 4.52. The fraction of sp³-hybridized carbons (Fsp3) is 0.471. The number of para-hydroxylation sites is 1. The van der Waals surface area contributed by atoms with Crippen LogP contribution in [0.3, 0.4) is 0 Å². The van der Waals surface area contributed by atoms with Crippen molar-refractivity contribution in [2.45, 2.75) is 31.6 Å². The van der Waals surface area contributed by atoms with Gasteiger partial charge in [0.2, 0.25) is 21.8 Å². The number of benzene rings is 1. The first kappa shape index (κ1) is 18.1. The molecule has 27 heavy (non-hydrogen) atoms. The van der Waals surface area contributed by atoms with Crippen LogP contribution in [0.2, 0.25) is 0 Å². The van der Waals surface area contributed by atoms with Crippen LogP contribution >= 0.6 is 0 Å². The summed E-state index contributed by atoms with van der Waals surface area (Å²) in [5.74, 6) is 0.654. The molecule has 1 fully saturated rings. The largest absolute Gasteiger partial charge is 0.422 e. The van der Waals surface area contributed by atoms with Crippen LogP contribution in [-0.4, -0.2) is 47.8 Å². The molecule has 4 rings (SSSR count). The number of sulfonamides is 1. The highest BCUT2D eigenvalue weighted by Crippen LogP contribution is 2.27. The third-order valence-electron chi connectivity index (χ3n) is 4.42. The lowest BCUT2D eigenvalue weighted by Gasteiger charge is -2.30. The van der Waals surface area contributed by atoms with E-state index in [1.54, 1.807) is 12.1 Å². The number of morpholine rings is 1. The van der Waals surface area contributed by atoms with E-state index in [9.17, 15) is 8.42 Å². The second kappa shape index (κ2) is 7.02. The molecule has 0 spiro atoms. The molecular weight excluding hydrogens is 372 g/mol. The molecule has 0 aliphatic carbocycles. The van der Waals surface area contributed by atoms with Crippen LogP contribution in [0.1, 0.15) is 43.3 Å². The highest BCUT2D eigenvalue weighted by molar-refractivity contribution is 7.88. The molecule has 3 heterocycles. The molecule has 1 aromatic carbocycles. The highest BCUT2D eigenvalue weighted by atomic mass is 32.2. The van der Waals surface area contributed by atoms with Crippen LogP contribution in [0.4, 0.5) is 0 Å². The van der Waals surface area contributed by atoms with Crippen molar-refractivity contribution in [3.05, 3.63) is 41.7 Å². The summed E-state index contributed by atoms with van der Waals surface area (Å²) >= 11 is 0. The predicted octanol–water partition coefficient (Wildman–Crippen LogP) is 2.24. The molecule has 1 aliphatic heterocycles. The van der Waals surface area contributed by atoms with Crippen molar-refractivity contribution in [2.75, 3.05) is 19.7 Å². The van der Waals surface area contributed by atoms with Gasteiger partial charge in [-0.2, -0.15) is 4.31 Å². The van der Waals surface area contributed by atoms with E-state index in [0.717, 1.165) is 0 Å². The summed E-state index contributed by atoms with van der Waals surface area (Å²) < 4.78 is 43.7. The molecule has 2 aromatic heterocycles. The Hall–Kier alpha value is -2.30. The van der Waals surface area contributed by atoms with Crippen molar-refractivity contribution < 1.29 is 22.1 Å². The molecule has 1 atom stereocenters. The van der Waals surface area contributed by atoms with Gasteiger partial charge in [-0.15, -0.1) is 10.2 Å². The number of aromatic nitrogens is 3. The van der Waals surface area contributed by atoms with Gasteiger partial charge in [0.25, 0.3) is 0 Å². The fourth-order valence-electron chi connectivity index (χ4n) is 2.94. The first-order chi connectivity index (χ1) is 12.9. The van der Waals surface area contributed by atoms with E-state index in [-0.39, 0.29) is 31.4 Å². The summed E-state index contributed by atoms with van der Waals surface area (Å²) in [5, 5.41) is 12.6. The Morgan fingerprint density at radius 2 is 2.07 bits per heavy atom. The first-order valence-corrected chi connectivity index (χ1v) is 10.3. The van der Waals surface area contributed by atoms with Crippen LogP contribution in [0.5, 0.6) is 0 Å². The molecule has 0 unspecified atom stereocenters. The van der Waals surface area contributed by atoms with E-state index >= 15 is 0 Å². The molecule has 0 saturated carbocycles. The molecule has 0 N–H and O–H groups in total. The smallest absolute Gasteiger partial charge is 0.246 e. The average molecular weight is 392 g/mol. The maximum absolute atomic E-state index is 12.9.